The van der Waals surface area contributed by atoms with Crippen LogP contribution in [0.2, 0.25) is 0 Å². The van der Waals surface area contributed by atoms with Crippen molar-refractivity contribution in [1.82, 2.24) is 0 Å². The van der Waals surface area contributed by atoms with E-state index >= 15 is 0 Å². The van der Waals surface area contributed by atoms with Crippen LogP contribution in [0, 0.1) is 0 Å². The van der Waals surface area contributed by atoms with Crippen molar-refractivity contribution in [1.29, 1.82) is 0 Å². The topological polar surface area (TPSA) is 66.6 Å². The highest BCUT2D eigenvalue weighted by atomic mass is 19.4. The van der Waals surface area contributed by atoms with Crippen LogP contribution in [0.25, 0.3) is 0 Å². The zero-order valence-electron chi connectivity index (χ0n) is 12.7. The number of hydrogen-bond acceptors (Lipinski definition) is 3. The molecule has 2 rings (SSSR count). The summed E-state index contributed by atoms with van der Waals surface area (Å²) >= 11 is 0. The van der Waals surface area contributed by atoms with Crippen LogP contribution in [-0.2, 0) is 4.79 Å². The SMILES string of the molecule is CN(C(=O)C(F)(F)F)c1ccc(N2CCCCC2)c(C(N)=O)c1. The molecule has 23 heavy (non-hydrogen) atoms. The van der Waals surface area contributed by atoms with Crippen molar-refractivity contribution >= 4 is 23.2 Å². The molecule has 1 aromatic carbocycles. The molecule has 5 nitrogen and oxygen atoms in total. The molecule has 1 saturated heterocycles. The quantitative estimate of drug-likeness (QED) is 0.925. The molecule has 0 atom stereocenters. The van der Waals surface area contributed by atoms with Crippen molar-refractivity contribution in [3.8, 4) is 0 Å². The number of benzene rings is 1. The van der Waals surface area contributed by atoms with Crippen molar-refractivity contribution in [2.45, 2.75) is 25.4 Å². The van der Waals surface area contributed by atoms with Crippen molar-refractivity contribution in [3.05, 3.63) is 23.8 Å². The van der Waals surface area contributed by atoms with Gasteiger partial charge < -0.3 is 15.5 Å². The van der Waals surface area contributed by atoms with Crippen LogP contribution in [0.1, 0.15) is 29.6 Å². The third-order valence-corrected chi connectivity index (χ3v) is 3.88. The third-order valence-electron chi connectivity index (χ3n) is 3.88. The smallest absolute Gasteiger partial charge is 0.371 e. The summed E-state index contributed by atoms with van der Waals surface area (Å²) in [6, 6.07) is 4.16. The van der Waals surface area contributed by atoms with E-state index in [4.69, 9.17) is 5.73 Å². The molecule has 1 aromatic rings. The van der Waals surface area contributed by atoms with Crippen LogP contribution in [0.5, 0.6) is 0 Å². The summed E-state index contributed by atoms with van der Waals surface area (Å²) in [5, 5.41) is 0. The van der Waals surface area contributed by atoms with Gasteiger partial charge in [-0.25, -0.2) is 0 Å². The Bertz CT molecular complexity index is 610. The molecule has 0 radical (unpaired) electrons. The lowest BCUT2D eigenvalue weighted by Crippen LogP contribution is -2.38. The van der Waals surface area contributed by atoms with Gasteiger partial charge in [-0.15, -0.1) is 0 Å². The molecule has 0 unspecified atom stereocenters. The number of rotatable bonds is 3. The largest absolute Gasteiger partial charge is 0.471 e. The first kappa shape index (κ1) is 17.1. The van der Waals surface area contributed by atoms with Gasteiger partial charge in [0.05, 0.1) is 5.56 Å². The second kappa shape index (κ2) is 6.47. The van der Waals surface area contributed by atoms with Gasteiger partial charge >= 0.3 is 12.1 Å². The molecular formula is C15H18F3N3O2. The summed E-state index contributed by atoms with van der Waals surface area (Å²) in [7, 11) is 1.01. The number of nitrogens with zero attached hydrogens (tertiary/aromatic N) is 2. The maximum Gasteiger partial charge on any atom is 0.471 e. The minimum atomic E-state index is -4.98. The van der Waals surface area contributed by atoms with Gasteiger partial charge in [0.15, 0.2) is 0 Å². The van der Waals surface area contributed by atoms with Gasteiger partial charge in [0.25, 0.3) is 5.91 Å². The number of anilines is 2. The minimum absolute atomic E-state index is 0.0260. The molecule has 1 aliphatic heterocycles. The van der Waals surface area contributed by atoms with Crippen molar-refractivity contribution in [2.24, 2.45) is 5.73 Å². The highest BCUT2D eigenvalue weighted by Crippen LogP contribution is 2.29. The fourth-order valence-corrected chi connectivity index (χ4v) is 2.65. The molecule has 1 heterocycles. The zero-order chi connectivity index (χ0) is 17.2. The Labute approximate surface area is 131 Å². The van der Waals surface area contributed by atoms with Gasteiger partial charge in [-0.05, 0) is 37.5 Å². The molecule has 1 aliphatic rings. The van der Waals surface area contributed by atoms with Gasteiger partial charge in [-0.3, -0.25) is 9.59 Å². The van der Waals surface area contributed by atoms with E-state index in [0.29, 0.717) is 10.6 Å². The number of hydrogen-bond donors (Lipinski definition) is 1. The highest BCUT2D eigenvalue weighted by Gasteiger charge is 2.41. The summed E-state index contributed by atoms with van der Waals surface area (Å²) in [5.74, 6) is -2.74. The van der Waals surface area contributed by atoms with E-state index in [-0.39, 0.29) is 11.3 Å². The van der Waals surface area contributed by atoms with Crippen LogP contribution in [0.15, 0.2) is 18.2 Å². The Morgan fingerprint density at radius 3 is 2.30 bits per heavy atom. The average Bonchev–Trinajstić information content (AvgIpc) is 2.52. The molecule has 0 saturated carbocycles. The first-order valence-corrected chi connectivity index (χ1v) is 7.25. The second-order valence-electron chi connectivity index (χ2n) is 5.48. The Balaban J connectivity index is 2.36. The van der Waals surface area contributed by atoms with Crippen LogP contribution in [0.3, 0.4) is 0 Å². The summed E-state index contributed by atoms with van der Waals surface area (Å²) in [6.45, 7) is 1.52. The van der Waals surface area contributed by atoms with Crippen LogP contribution in [0.4, 0.5) is 24.5 Å². The van der Waals surface area contributed by atoms with E-state index in [1.165, 1.54) is 12.1 Å². The number of piperidine rings is 1. The molecule has 0 aliphatic carbocycles. The number of alkyl halides is 3. The van der Waals surface area contributed by atoms with Crippen LogP contribution < -0.4 is 15.5 Å². The number of carbonyl (C=O) groups excluding carboxylic acids is 2. The molecule has 0 bridgehead atoms. The van der Waals surface area contributed by atoms with Gasteiger partial charge in [0.2, 0.25) is 0 Å². The Kier molecular flexibility index (Phi) is 4.82. The molecule has 126 valence electrons. The maximum atomic E-state index is 12.5. The second-order valence-corrected chi connectivity index (χ2v) is 5.48. The van der Waals surface area contributed by atoms with Gasteiger partial charge in [0, 0.05) is 31.5 Å². The third kappa shape index (κ3) is 3.75. The lowest BCUT2D eigenvalue weighted by molar-refractivity contribution is -0.170. The fourth-order valence-electron chi connectivity index (χ4n) is 2.65. The molecule has 2 N–H and O–H groups in total. The molecule has 1 fully saturated rings. The van der Waals surface area contributed by atoms with Crippen LogP contribution in [-0.4, -0.2) is 38.1 Å². The number of amides is 2. The van der Waals surface area contributed by atoms with E-state index in [9.17, 15) is 22.8 Å². The monoisotopic (exact) mass is 329 g/mol. The number of carbonyl (C=O) groups is 2. The average molecular weight is 329 g/mol. The number of nitrogens with two attached hydrogens (primary N) is 1. The number of halogens is 3. The summed E-state index contributed by atoms with van der Waals surface area (Å²) in [6.07, 6.45) is -1.92. The van der Waals surface area contributed by atoms with Gasteiger partial charge in [-0.1, -0.05) is 0 Å². The van der Waals surface area contributed by atoms with Gasteiger partial charge in [0.1, 0.15) is 0 Å². The summed E-state index contributed by atoms with van der Waals surface area (Å²) in [4.78, 5) is 25.4. The Hall–Kier alpha value is -2.25. The van der Waals surface area contributed by atoms with Gasteiger partial charge in [-0.2, -0.15) is 13.2 Å². The Morgan fingerprint density at radius 2 is 1.78 bits per heavy atom. The van der Waals surface area contributed by atoms with E-state index < -0.39 is 18.0 Å². The zero-order valence-corrected chi connectivity index (χ0v) is 12.7. The van der Waals surface area contributed by atoms with Crippen molar-refractivity contribution in [3.63, 3.8) is 0 Å². The molecule has 2 amide bonds. The van der Waals surface area contributed by atoms with Crippen molar-refractivity contribution < 1.29 is 22.8 Å². The minimum Gasteiger partial charge on any atom is -0.371 e. The standard InChI is InChI=1S/C15H18F3N3O2/c1-20(14(23)15(16,17)18)10-5-6-12(11(9-10)13(19)22)21-7-3-2-4-8-21/h5-6,9H,2-4,7-8H2,1H3,(H2,19,22). The predicted molar refractivity (Wildman–Crippen MR) is 80.5 cm³/mol. The lowest BCUT2D eigenvalue weighted by atomic mass is 10.1. The van der Waals surface area contributed by atoms with E-state index in [1.807, 2.05) is 4.90 Å². The molecule has 0 spiro atoms. The normalized spacial score (nSPS) is 15.4. The first-order valence-electron chi connectivity index (χ1n) is 7.25. The molecule has 8 heteroatoms. The lowest BCUT2D eigenvalue weighted by Gasteiger charge is -2.30. The highest BCUT2D eigenvalue weighted by molar-refractivity contribution is 6.02. The van der Waals surface area contributed by atoms with E-state index in [0.717, 1.165) is 39.4 Å². The number of primary amides is 1. The summed E-state index contributed by atoms with van der Waals surface area (Å²) < 4.78 is 37.6. The predicted octanol–water partition coefficient (Wildman–Crippen LogP) is 2.30. The summed E-state index contributed by atoms with van der Waals surface area (Å²) in [5.41, 5.74) is 6.04. The first-order chi connectivity index (χ1) is 10.7. The maximum absolute atomic E-state index is 12.5. The molecular weight excluding hydrogens is 311 g/mol. The molecule has 0 aromatic heterocycles. The Morgan fingerprint density at radius 1 is 1.17 bits per heavy atom. The van der Waals surface area contributed by atoms with E-state index in [2.05, 4.69) is 0 Å². The fraction of sp³-hybridized carbons (Fsp3) is 0.467. The van der Waals surface area contributed by atoms with Crippen molar-refractivity contribution in [2.75, 3.05) is 29.9 Å². The van der Waals surface area contributed by atoms with Crippen LogP contribution >= 0.6 is 0 Å². The van der Waals surface area contributed by atoms with E-state index in [1.54, 1.807) is 6.07 Å².